The van der Waals surface area contributed by atoms with E-state index in [1.807, 2.05) is 0 Å². The molecule has 0 spiro atoms. The van der Waals surface area contributed by atoms with E-state index in [1.54, 1.807) is 24.3 Å². The van der Waals surface area contributed by atoms with Crippen molar-refractivity contribution in [1.82, 2.24) is 9.80 Å². The van der Waals surface area contributed by atoms with Crippen LogP contribution in [0.5, 0.6) is 0 Å². The number of imide groups is 1. The number of nitrogens with zero attached hydrogens (tertiary/aromatic N) is 4. The predicted molar refractivity (Wildman–Crippen MR) is 128 cm³/mol. The van der Waals surface area contributed by atoms with Crippen LogP contribution in [0.3, 0.4) is 0 Å². The Labute approximate surface area is 212 Å². The van der Waals surface area contributed by atoms with E-state index in [1.165, 1.54) is 21.9 Å². The largest absolute Gasteiger partial charge is 0.416 e. The summed E-state index contributed by atoms with van der Waals surface area (Å²) in [7, 11) is 0. The molecule has 0 aliphatic carbocycles. The zero-order valence-corrected chi connectivity index (χ0v) is 19.4. The van der Waals surface area contributed by atoms with Crippen molar-refractivity contribution in [3.05, 3.63) is 76.3 Å². The number of piperazine rings is 1. The molecule has 3 aliphatic heterocycles. The molecule has 0 radical (unpaired) electrons. The fraction of sp³-hybridized carbons (Fsp3) is 0.240. The first kappa shape index (κ1) is 23.7. The number of nitro benzene ring substituents is 1. The topological polar surface area (TPSA) is 116 Å². The first-order valence-electron chi connectivity index (χ1n) is 11.6. The standard InChI is InChI=1S/C25H18F3N5O5/c26-25(27,28)13-5-7-14(8-6-13)29-23(35)30-12-15-11-20(30)21-22(34)32(24(36)31(15)21)18-9-10-19(33(37)38)17-4-2-1-3-16(17)18/h1-10,15,20-21H,11-12H2,(H,29,35). The summed E-state index contributed by atoms with van der Waals surface area (Å²) in [6.07, 6.45) is -4.12. The maximum atomic E-state index is 13.6. The van der Waals surface area contributed by atoms with E-state index in [0.717, 1.165) is 29.2 Å². The third-order valence-corrected chi connectivity index (χ3v) is 7.30. The number of hydrogen-bond donors (Lipinski definition) is 1. The van der Waals surface area contributed by atoms with Crippen molar-refractivity contribution in [3.8, 4) is 0 Å². The molecule has 3 aromatic rings. The molecular weight excluding hydrogens is 507 g/mol. The number of rotatable bonds is 3. The quantitative estimate of drug-likeness (QED) is 0.305. The number of amides is 5. The fourth-order valence-electron chi connectivity index (χ4n) is 5.67. The van der Waals surface area contributed by atoms with Crippen molar-refractivity contribution in [2.45, 2.75) is 30.7 Å². The molecule has 3 atom stereocenters. The molecule has 38 heavy (non-hydrogen) atoms. The molecule has 0 saturated carbocycles. The first-order valence-corrected chi connectivity index (χ1v) is 11.6. The van der Waals surface area contributed by atoms with Gasteiger partial charge in [0, 0.05) is 23.7 Å². The van der Waals surface area contributed by atoms with E-state index < -0.39 is 52.8 Å². The molecule has 0 aromatic heterocycles. The van der Waals surface area contributed by atoms with Crippen LogP contribution < -0.4 is 10.2 Å². The van der Waals surface area contributed by atoms with Gasteiger partial charge >= 0.3 is 18.2 Å². The number of halogens is 3. The Morgan fingerprint density at radius 3 is 2.34 bits per heavy atom. The molecule has 6 rings (SSSR count). The second-order valence-electron chi connectivity index (χ2n) is 9.33. The smallest absolute Gasteiger partial charge is 0.317 e. The van der Waals surface area contributed by atoms with Gasteiger partial charge in [0.05, 0.1) is 33.6 Å². The van der Waals surface area contributed by atoms with E-state index >= 15 is 0 Å². The zero-order chi connectivity index (χ0) is 26.9. The van der Waals surface area contributed by atoms with Crippen LogP contribution in [0.4, 0.5) is 39.8 Å². The van der Waals surface area contributed by atoms with Gasteiger partial charge in [-0.1, -0.05) is 18.2 Å². The van der Waals surface area contributed by atoms with Gasteiger partial charge in [-0.3, -0.25) is 14.9 Å². The molecule has 13 heteroatoms. The first-order chi connectivity index (χ1) is 18.1. The van der Waals surface area contributed by atoms with Gasteiger partial charge in [0.25, 0.3) is 11.6 Å². The molecule has 10 nitrogen and oxygen atoms in total. The van der Waals surface area contributed by atoms with Gasteiger partial charge in [-0.15, -0.1) is 0 Å². The lowest BCUT2D eigenvalue weighted by atomic mass is 10.0. The average molecular weight is 525 g/mol. The van der Waals surface area contributed by atoms with Crippen molar-refractivity contribution in [3.63, 3.8) is 0 Å². The Hall–Kier alpha value is -4.68. The molecule has 1 N–H and O–H groups in total. The summed E-state index contributed by atoms with van der Waals surface area (Å²) >= 11 is 0. The lowest BCUT2D eigenvalue weighted by Crippen LogP contribution is -2.55. The highest BCUT2D eigenvalue weighted by Gasteiger charge is 2.63. The number of carbonyl (C=O) groups excluding carboxylic acids is 3. The minimum absolute atomic E-state index is 0.154. The van der Waals surface area contributed by atoms with Gasteiger partial charge in [-0.25, -0.2) is 14.5 Å². The molecular formula is C25H18F3N5O5. The third-order valence-electron chi connectivity index (χ3n) is 7.30. The number of urea groups is 2. The number of anilines is 2. The minimum atomic E-state index is -4.50. The Morgan fingerprint density at radius 2 is 1.68 bits per heavy atom. The summed E-state index contributed by atoms with van der Waals surface area (Å²) in [5, 5.41) is 14.7. The molecule has 3 aromatic carbocycles. The lowest BCUT2D eigenvalue weighted by Gasteiger charge is -2.34. The summed E-state index contributed by atoms with van der Waals surface area (Å²) in [5.41, 5.74) is -0.624. The molecule has 3 saturated heterocycles. The van der Waals surface area contributed by atoms with Gasteiger partial charge in [0.2, 0.25) is 0 Å². The summed E-state index contributed by atoms with van der Waals surface area (Å²) < 4.78 is 38.5. The number of fused-ring (bicyclic) bond motifs is 6. The number of likely N-dealkylation sites (tertiary alicyclic amines) is 1. The van der Waals surface area contributed by atoms with Crippen LogP contribution in [0.2, 0.25) is 0 Å². The lowest BCUT2D eigenvalue weighted by molar-refractivity contribution is -0.383. The van der Waals surface area contributed by atoms with Crippen LogP contribution in [0, 0.1) is 10.1 Å². The second kappa shape index (κ2) is 8.16. The van der Waals surface area contributed by atoms with Crippen molar-refractivity contribution in [2.75, 3.05) is 16.8 Å². The van der Waals surface area contributed by atoms with E-state index in [4.69, 9.17) is 0 Å². The van der Waals surface area contributed by atoms with Crippen LogP contribution in [0.25, 0.3) is 10.8 Å². The van der Waals surface area contributed by atoms with Gasteiger partial charge in [0.1, 0.15) is 6.04 Å². The number of non-ortho nitro benzene ring substituents is 1. The summed E-state index contributed by atoms with van der Waals surface area (Å²) in [4.78, 5) is 54.8. The van der Waals surface area contributed by atoms with Crippen LogP contribution in [-0.4, -0.2) is 57.4 Å². The van der Waals surface area contributed by atoms with Gasteiger partial charge in [0.15, 0.2) is 0 Å². The van der Waals surface area contributed by atoms with Crippen molar-refractivity contribution < 1.29 is 32.5 Å². The fourth-order valence-corrected chi connectivity index (χ4v) is 5.67. The SMILES string of the molecule is O=C1C2C3CC(CN3C(=O)Nc3ccc(C(F)(F)F)cc3)N2C(=O)N1c1ccc([N+](=O)[O-])c2ccccc12. The normalized spacial score (nSPS) is 22.4. The van der Waals surface area contributed by atoms with E-state index in [2.05, 4.69) is 5.32 Å². The van der Waals surface area contributed by atoms with Gasteiger partial charge in [-0.2, -0.15) is 13.2 Å². The number of hydrogen-bond acceptors (Lipinski definition) is 5. The Kier molecular flexibility index (Phi) is 5.09. The molecule has 3 heterocycles. The van der Waals surface area contributed by atoms with Gasteiger partial charge < -0.3 is 15.1 Å². The number of benzene rings is 3. The summed E-state index contributed by atoms with van der Waals surface area (Å²) in [6.45, 7) is 0.154. The van der Waals surface area contributed by atoms with E-state index in [-0.39, 0.29) is 29.0 Å². The number of carbonyl (C=O) groups is 3. The highest BCUT2D eigenvalue weighted by atomic mass is 19.4. The Bertz CT molecular complexity index is 1530. The molecule has 5 amide bonds. The van der Waals surface area contributed by atoms with E-state index in [0.29, 0.717) is 11.8 Å². The second-order valence-corrected chi connectivity index (χ2v) is 9.33. The average Bonchev–Trinajstić information content (AvgIpc) is 3.54. The Morgan fingerprint density at radius 1 is 1.00 bits per heavy atom. The van der Waals surface area contributed by atoms with Crippen molar-refractivity contribution in [1.29, 1.82) is 0 Å². The van der Waals surface area contributed by atoms with Crippen LogP contribution in [-0.2, 0) is 11.0 Å². The maximum Gasteiger partial charge on any atom is 0.416 e. The monoisotopic (exact) mass is 525 g/mol. The van der Waals surface area contributed by atoms with Crippen molar-refractivity contribution in [2.24, 2.45) is 0 Å². The van der Waals surface area contributed by atoms with Crippen molar-refractivity contribution >= 4 is 45.8 Å². The number of nitro groups is 1. The molecule has 194 valence electrons. The minimum Gasteiger partial charge on any atom is -0.317 e. The highest BCUT2D eigenvalue weighted by Crippen LogP contribution is 2.44. The molecule has 3 fully saturated rings. The third kappa shape index (κ3) is 3.45. The van der Waals surface area contributed by atoms with Crippen LogP contribution in [0.1, 0.15) is 12.0 Å². The van der Waals surface area contributed by atoms with Crippen LogP contribution in [0.15, 0.2) is 60.7 Å². The summed E-state index contributed by atoms with van der Waals surface area (Å²) in [6, 6.07) is 9.92. The van der Waals surface area contributed by atoms with E-state index in [9.17, 15) is 37.7 Å². The zero-order valence-electron chi connectivity index (χ0n) is 19.4. The van der Waals surface area contributed by atoms with Gasteiger partial charge in [-0.05, 0) is 42.8 Å². The number of alkyl halides is 3. The number of nitrogens with one attached hydrogen (secondary N) is 1. The summed E-state index contributed by atoms with van der Waals surface area (Å²) in [5.74, 6) is -0.548. The maximum absolute atomic E-state index is 13.6. The highest BCUT2D eigenvalue weighted by molar-refractivity contribution is 6.25. The molecule has 3 aliphatic rings. The predicted octanol–water partition coefficient (Wildman–Crippen LogP) is 4.59. The molecule has 2 bridgehead atoms. The van der Waals surface area contributed by atoms with Crippen LogP contribution >= 0.6 is 0 Å². The Balaban J connectivity index is 1.26. The molecule has 3 unspecified atom stereocenters.